The van der Waals surface area contributed by atoms with Crippen LogP contribution in [0.5, 0.6) is 5.75 Å². The van der Waals surface area contributed by atoms with Crippen molar-refractivity contribution in [2.45, 2.75) is 12.3 Å². The molecule has 1 atom stereocenters. The van der Waals surface area contributed by atoms with Crippen LogP contribution in [-0.2, 0) is 0 Å². The number of carbonyl (C=O) groups is 2. The first-order valence-electron chi connectivity index (χ1n) is 9.72. The van der Waals surface area contributed by atoms with E-state index in [-0.39, 0.29) is 17.9 Å². The Balaban J connectivity index is 1.56. The number of carbonyl (C=O) groups excluding carboxylic acids is 2. The van der Waals surface area contributed by atoms with E-state index in [1.807, 2.05) is 21.4 Å². The number of methoxy groups -OCH3 is 1. The van der Waals surface area contributed by atoms with Crippen LogP contribution in [0.25, 0.3) is 5.65 Å². The van der Waals surface area contributed by atoms with Crippen LogP contribution in [0.3, 0.4) is 0 Å². The molecule has 2 aromatic heterocycles. The third-order valence-corrected chi connectivity index (χ3v) is 5.22. The highest BCUT2D eigenvalue weighted by Gasteiger charge is 2.31. The Bertz CT molecular complexity index is 1090. The SMILES string of the molecule is COc1cccc(NC(=O)c2ccc3nnc([C@@H]4CCN(C(=O)N(C)C)C4)n3c2)c1. The topological polar surface area (TPSA) is 92.1 Å². The highest BCUT2D eigenvalue weighted by atomic mass is 16.5. The van der Waals surface area contributed by atoms with Gasteiger partial charge in [0.2, 0.25) is 0 Å². The van der Waals surface area contributed by atoms with Gasteiger partial charge in [-0.1, -0.05) is 6.07 Å². The number of nitrogens with one attached hydrogen (secondary N) is 1. The number of rotatable bonds is 4. The number of ether oxygens (including phenoxy) is 1. The Morgan fingerprint density at radius 3 is 2.80 bits per heavy atom. The highest BCUT2D eigenvalue weighted by molar-refractivity contribution is 6.04. The van der Waals surface area contributed by atoms with Crippen LogP contribution in [0.4, 0.5) is 10.5 Å². The summed E-state index contributed by atoms with van der Waals surface area (Å²) in [6, 6.07) is 10.7. The molecule has 0 radical (unpaired) electrons. The Kier molecular flexibility index (Phi) is 5.26. The molecule has 30 heavy (non-hydrogen) atoms. The fourth-order valence-corrected chi connectivity index (χ4v) is 3.65. The lowest BCUT2D eigenvalue weighted by Gasteiger charge is -2.21. The van der Waals surface area contributed by atoms with E-state index in [2.05, 4.69) is 15.5 Å². The van der Waals surface area contributed by atoms with E-state index in [0.717, 1.165) is 12.2 Å². The van der Waals surface area contributed by atoms with E-state index < -0.39 is 0 Å². The lowest BCUT2D eigenvalue weighted by molar-refractivity contribution is 0.102. The number of urea groups is 1. The van der Waals surface area contributed by atoms with Gasteiger partial charge in [-0.05, 0) is 30.7 Å². The van der Waals surface area contributed by atoms with Crippen LogP contribution in [0, 0.1) is 0 Å². The number of pyridine rings is 1. The van der Waals surface area contributed by atoms with Gasteiger partial charge in [-0.2, -0.15) is 0 Å². The lowest BCUT2D eigenvalue weighted by Crippen LogP contribution is -2.37. The number of anilines is 1. The second-order valence-electron chi connectivity index (χ2n) is 7.50. The van der Waals surface area contributed by atoms with Gasteiger partial charge in [0, 0.05) is 51.1 Å². The predicted molar refractivity (Wildman–Crippen MR) is 112 cm³/mol. The number of hydrogen-bond acceptors (Lipinski definition) is 5. The summed E-state index contributed by atoms with van der Waals surface area (Å²) in [6.07, 6.45) is 2.55. The largest absolute Gasteiger partial charge is 0.497 e. The molecule has 1 aliphatic rings. The van der Waals surface area contributed by atoms with E-state index in [1.165, 1.54) is 0 Å². The standard InChI is InChI=1S/C21H24N6O3/c1-25(2)21(29)26-10-9-14(12-26)19-24-23-18-8-7-15(13-27(18)19)20(28)22-16-5-4-6-17(11-16)30-3/h4-8,11,13-14H,9-10,12H2,1-3H3,(H,22,28)/t14-/m1/s1. The molecule has 9 nitrogen and oxygen atoms in total. The molecule has 0 spiro atoms. The molecule has 0 saturated carbocycles. The Morgan fingerprint density at radius 2 is 2.03 bits per heavy atom. The van der Waals surface area contributed by atoms with Crippen molar-refractivity contribution in [1.29, 1.82) is 0 Å². The number of aromatic nitrogens is 3. The van der Waals surface area contributed by atoms with E-state index in [9.17, 15) is 9.59 Å². The summed E-state index contributed by atoms with van der Waals surface area (Å²) in [5.74, 6) is 1.26. The quantitative estimate of drug-likeness (QED) is 0.716. The number of amides is 3. The number of likely N-dealkylation sites (tertiary alicyclic amines) is 1. The zero-order chi connectivity index (χ0) is 21.3. The van der Waals surface area contributed by atoms with Gasteiger partial charge < -0.3 is 19.9 Å². The van der Waals surface area contributed by atoms with Crippen LogP contribution < -0.4 is 10.1 Å². The van der Waals surface area contributed by atoms with Crippen molar-refractivity contribution in [2.24, 2.45) is 0 Å². The molecule has 1 aliphatic heterocycles. The summed E-state index contributed by atoms with van der Waals surface area (Å²) in [7, 11) is 5.07. The molecule has 4 rings (SSSR count). The minimum Gasteiger partial charge on any atom is -0.497 e. The van der Waals surface area contributed by atoms with Crippen molar-refractivity contribution in [3.8, 4) is 5.75 Å². The first kappa shape index (κ1) is 19.7. The summed E-state index contributed by atoms with van der Waals surface area (Å²) in [6.45, 7) is 1.25. The molecule has 1 fully saturated rings. The zero-order valence-electron chi connectivity index (χ0n) is 17.2. The fraction of sp³-hybridized carbons (Fsp3) is 0.333. The summed E-state index contributed by atoms with van der Waals surface area (Å²) in [5, 5.41) is 11.4. The van der Waals surface area contributed by atoms with Crippen LogP contribution in [0.15, 0.2) is 42.6 Å². The van der Waals surface area contributed by atoms with Crippen molar-refractivity contribution >= 4 is 23.3 Å². The van der Waals surface area contributed by atoms with Gasteiger partial charge in [-0.3, -0.25) is 9.20 Å². The number of hydrogen-bond donors (Lipinski definition) is 1. The van der Waals surface area contributed by atoms with Gasteiger partial charge in [0.15, 0.2) is 5.65 Å². The molecular formula is C21H24N6O3. The molecule has 9 heteroatoms. The van der Waals surface area contributed by atoms with Gasteiger partial charge in [-0.15, -0.1) is 10.2 Å². The van der Waals surface area contributed by atoms with Gasteiger partial charge in [-0.25, -0.2) is 4.79 Å². The number of fused-ring (bicyclic) bond motifs is 1. The van der Waals surface area contributed by atoms with E-state index in [4.69, 9.17) is 4.74 Å². The van der Waals surface area contributed by atoms with Crippen LogP contribution in [0.2, 0.25) is 0 Å². The summed E-state index contributed by atoms with van der Waals surface area (Å²) in [4.78, 5) is 28.4. The van der Waals surface area contributed by atoms with Gasteiger partial charge in [0.05, 0.1) is 12.7 Å². The third kappa shape index (κ3) is 3.78. The Labute approximate surface area is 174 Å². The molecular weight excluding hydrogens is 384 g/mol. The van der Waals surface area contributed by atoms with E-state index in [0.29, 0.717) is 35.7 Å². The summed E-state index contributed by atoms with van der Waals surface area (Å²) < 4.78 is 7.04. The first-order valence-corrected chi connectivity index (χ1v) is 9.72. The average Bonchev–Trinajstić information content (AvgIpc) is 3.39. The average molecular weight is 408 g/mol. The molecule has 1 N–H and O–H groups in total. The van der Waals surface area contributed by atoms with Crippen molar-refractivity contribution < 1.29 is 14.3 Å². The minimum atomic E-state index is -0.236. The van der Waals surface area contributed by atoms with E-state index in [1.54, 1.807) is 56.6 Å². The second-order valence-corrected chi connectivity index (χ2v) is 7.50. The van der Waals surface area contributed by atoms with Gasteiger partial charge >= 0.3 is 6.03 Å². The molecule has 1 saturated heterocycles. The maximum absolute atomic E-state index is 12.8. The predicted octanol–water partition coefficient (Wildman–Crippen LogP) is 2.46. The van der Waals surface area contributed by atoms with Gasteiger partial charge in [0.25, 0.3) is 5.91 Å². The van der Waals surface area contributed by atoms with Crippen LogP contribution >= 0.6 is 0 Å². The van der Waals surface area contributed by atoms with Crippen molar-refractivity contribution in [1.82, 2.24) is 24.4 Å². The van der Waals surface area contributed by atoms with Crippen molar-refractivity contribution in [3.05, 3.63) is 54.0 Å². The molecule has 3 heterocycles. The van der Waals surface area contributed by atoms with Gasteiger partial charge in [0.1, 0.15) is 11.6 Å². The second kappa shape index (κ2) is 8.02. The minimum absolute atomic E-state index is 0.00956. The molecule has 0 unspecified atom stereocenters. The fourth-order valence-electron chi connectivity index (χ4n) is 3.65. The maximum Gasteiger partial charge on any atom is 0.319 e. The normalized spacial score (nSPS) is 16.0. The molecule has 0 aliphatic carbocycles. The number of nitrogens with zero attached hydrogens (tertiary/aromatic N) is 5. The first-order chi connectivity index (χ1) is 14.5. The summed E-state index contributed by atoms with van der Waals surface area (Å²) in [5.41, 5.74) is 1.81. The molecule has 3 amide bonds. The molecule has 156 valence electrons. The molecule has 0 bridgehead atoms. The molecule has 1 aromatic carbocycles. The zero-order valence-corrected chi connectivity index (χ0v) is 17.2. The summed E-state index contributed by atoms with van der Waals surface area (Å²) >= 11 is 0. The van der Waals surface area contributed by atoms with E-state index >= 15 is 0 Å². The van der Waals surface area contributed by atoms with Crippen molar-refractivity contribution in [2.75, 3.05) is 39.6 Å². The lowest BCUT2D eigenvalue weighted by atomic mass is 10.1. The highest BCUT2D eigenvalue weighted by Crippen LogP contribution is 2.27. The Hall–Kier alpha value is -3.62. The van der Waals surface area contributed by atoms with Crippen molar-refractivity contribution in [3.63, 3.8) is 0 Å². The Morgan fingerprint density at radius 1 is 1.20 bits per heavy atom. The molecule has 3 aromatic rings. The maximum atomic E-state index is 12.8. The number of benzene rings is 1. The monoisotopic (exact) mass is 408 g/mol. The smallest absolute Gasteiger partial charge is 0.319 e. The van der Waals surface area contributed by atoms with Crippen LogP contribution in [-0.4, -0.2) is 70.6 Å². The van der Waals surface area contributed by atoms with Crippen LogP contribution in [0.1, 0.15) is 28.5 Å². The third-order valence-electron chi connectivity index (χ3n) is 5.22.